The number of hydrogen-bond acceptors (Lipinski definition) is 3. The van der Waals surface area contributed by atoms with Gasteiger partial charge in [0.05, 0.1) is 17.9 Å². The summed E-state index contributed by atoms with van der Waals surface area (Å²) in [7, 11) is 0. The van der Waals surface area contributed by atoms with Crippen molar-refractivity contribution in [3.05, 3.63) is 56.5 Å². The SMILES string of the molecule is Cc1coc(CC(=O)O)c1C(=O)N1CCc2c(Cl)cc(Cl)cc2C1C. The van der Waals surface area contributed by atoms with Gasteiger partial charge in [-0.3, -0.25) is 9.59 Å². The summed E-state index contributed by atoms with van der Waals surface area (Å²) in [5.41, 5.74) is 2.87. The molecule has 0 radical (unpaired) electrons. The van der Waals surface area contributed by atoms with Gasteiger partial charge in [-0.15, -0.1) is 0 Å². The predicted octanol–water partition coefficient (Wildman–Crippen LogP) is 4.28. The van der Waals surface area contributed by atoms with E-state index in [4.69, 9.17) is 32.7 Å². The van der Waals surface area contributed by atoms with Crippen molar-refractivity contribution in [2.24, 2.45) is 0 Å². The molecule has 1 aliphatic heterocycles. The van der Waals surface area contributed by atoms with Crippen molar-refractivity contribution in [1.82, 2.24) is 4.90 Å². The Kier molecular flexibility index (Phi) is 4.80. The van der Waals surface area contributed by atoms with Crippen molar-refractivity contribution in [3.63, 3.8) is 0 Å². The lowest BCUT2D eigenvalue weighted by Gasteiger charge is -2.36. The molecular formula is C18H17Cl2NO4. The first-order valence-electron chi connectivity index (χ1n) is 7.87. The molecule has 0 saturated heterocycles. The van der Waals surface area contributed by atoms with Crippen molar-refractivity contribution in [3.8, 4) is 0 Å². The Hall–Kier alpha value is -1.98. The largest absolute Gasteiger partial charge is 0.481 e. The van der Waals surface area contributed by atoms with Gasteiger partial charge < -0.3 is 14.4 Å². The number of benzene rings is 1. The number of carboxylic acid groups (broad SMARTS) is 1. The van der Waals surface area contributed by atoms with Gasteiger partial charge in [-0.2, -0.15) is 0 Å². The molecule has 0 bridgehead atoms. The Bertz CT molecular complexity index is 859. The number of halogens is 2. The van der Waals surface area contributed by atoms with E-state index in [1.165, 1.54) is 6.26 Å². The summed E-state index contributed by atoms with van der Waals surface area (Å²) in [6.45, 7) is 4.14. The maximum atomic E-state index is 13.1. The van der Waals surface area contributed by atoms with E-state index in [1.807, 2.05) is 13.0 Å². The van der Waals surface area contributed by atoms with Gasteiger partial charge in [0, 0.05) is 22.2 Å². The van der Waals surface area contributed by atoms with Crippen LogP contribution in [0.4, 0.5) is 0 Å². The van der Waals surface area contributed by atoms with Crippen LogP contribution in [-0.4, -0.2) is 28.4 Å². The number of aliphatic carboxylic acids is 1. The minimum absolute atomic E-state index is 0.178. The summed E-state index contributed by atoms with van der Waals surface area (Å²) in [5, 5.41) is 10.1. The number of amides is 1. The molecule has 2 heterocycles. The molecule has 1 N–H and O–H groups in total. The molecular weight excluding hydrogens is 365 g/mol. The topological polar surface area (TPSA) is 70.7 Å². The van der Waals surface area contributed by atoms with Crippen molar-refractivity contribution >= 4 is 35.1 Å². The molecule has 132 valence electrons. The number of fused-ring (bicyclic) bond motifs is 1. The zero-order valence-corrected chi connectivity index (χ0v) is 15.3. The van der Waals surface area contributed by atoms with Crippen LogP contribution < -0.4 is 0 Å². The van der Waals surface area contributed by atoms with Crippen LogP contribution in [0.3, 0.4) is 0 Å². The smallest absolute Gasteiger partial charge is 0.311 e. The standard InChI is InChI=1S/C18H17Cl2NO4/c1-9-8-25-15(7-16(22)23)17(9)18(24)21-4-3-12-13(10(21)2)5-11(19)6-14(12)20/h5-6,8,10H,3-4,7H2,1-2H3,(H,22,23). The van der Waals surface area contributed by atoms with Crippen molar-refractivity contribution in [2.45, 2.75) is 32.7 Å². The highest BCUT2D eigenvalue weighted by Gasteiger charge is 2.32. The number of carbonyl (C=O) groups excluding carboxylic acids is 1. The molecule has 0 fully saturated rings. The average molecular weight is 382 g/mol. The van der Waals surface area contributed by atoms with Crippen LogP contribution in [0.15, 0.2) is 22.8 Å². The molecule has 5 nitrogen and oxygen atoms in total. The number of carbonyl (C=O) groups is 2. The lowest BCUT2D eigenvalue weighted by Crippen LogP contribution is -2.39. The van der Waals surface area contributed by atoms with Crippen LogP contribution in [0.1, 0.15) is 45.8 Å². The second-order valence-corrected chi connectivity index (χ2v) is 7.01. The molecule has 1 aromatic carbocycles. The van der Waals surface area contributed by atoms with E-state index < -0.39 is 5.97 Å². The van der Waals surface area contributed by atoms with Gasteiger partial charge in [0.25, 0.3) is 5.91 Å². The molecule has 0 aliphatic carbocycles. The second kappa shape index (κ2) is 6.73. The third kappa shape index (κ3) is 3.26. The lowest BCUT2D eigenvalue weighted by atomic mass is 9.92. The van der Waals surface area contributed by atoms with Gasteiger partial charge in [0.1, 0.15) is 12.2 Å². The molecule has 1 aliphatic rings. The van der Waals surface area contributed by atoms with E-state index in [-0.39, 0.29) is 24.1 Å². The van der Waals surface area contributed by atoms with E-state index in [0.717, 1.165) is 11.1 Å². The van der Waals surface area contributed by atoms with E-state index >= 15 is 0 Å². The highest BCUT2D eigenvalue weighted by molar-refractivity contribution is 6.35. The third-order valence-corrected chi connectivity index (χ3v) is 5.11. The van der Waals surface area contributed by atoms with Gasteiger partial charge in [-0.05, 0) is 43.5 Å². The molecule has 7 heteroatoms. The maximum Gasteiger partial charge on any atom is 0.311 e. The number of carboxylic acids is 1. The van der Waals surface area contributed by atoms with Gasteiger partial charge >= 0.3 is 5.97 Å². The minimum Gasteiger partial charge on any atom is -0.481 e. The molecule has 2 aromatic rings. The van der Waals surface area contributed by atoms with Crippen LogP contribution in [0.5, 0.6) is 0 Å². The highest BCUT2D eigenvalue weighted by atomic mass is 35.5. The fourth-order valence-electron chi connectivity index (χ4n) is 3.33. The normalized spacial score (nSPS) is 16.6. The Labute approximate surface area is 155 Å². The Morgan fingerprint density at radius 1 is 1.36 bits per heavy atom. The van der Waals surface area contributed by atoms with Crippen LogP contribution in [0, 0.1) is 6.92 Å². The Balaban J connectivity index is 1.97. The number of rotatable bonds is 3. The summed E-state index contributed by atoms with van der Waals surface area (Å²) in [5.74, 6) is -1.10. The second-order valence-electron chi connectivity index (χ2n) is 6.17. The van der Waals surface area contributed by atoms with Crippen LogP contribution >= 0.6 is 23.2 Å². The summed E-state index contributed by atoms with van der Waals surface area (Å²) >= 11 is 12.4. The number of aryl methyl sites for hydroxylation is 1. The lowest BCUT2D eigenvalue weighted by molar-refractivity contribution is -0.136. The number of furan rings is 1. The average Bonchev–Trinajstić information content (AvgIpc) is 2.87. The molecule has 0 spiro atoms. The van der Waals surface area contributed by atoms with Gasteiger partial charge in [-0.1, -0.05) is 23.2 Å². The molecule has 1 amide bonds. The molecule has 1 atom stereocenters. The van der Waals surface area contributed by atoms with Crippen LogP contribution in [-0.2, 0) is 17.6 Å². The summed E-state index contributed by atoms with van der Waals surface area (Å²) in [6, 6.07) is 3.31. The van der Waals surface area contributed by atoms with Gasteiger partial charge in [0.15, 0.2) is 0 Å². The maximum absolute atomic E-state index is 13.1. The molecule has 25 heavy (non-hydrogen) atoms. The van der Waals surface area contributed by atoms with E-state index in [0.29, 0.717) is 34.1 Å². The quantitative estimate of drug-likeness (QED) is 0.860. The zero-order valence-electron chi connectivity index (χ0n) is 13.8. The van der Waals surface area contributed by atoms with E-state index in [2.05, 4.69) is 0 Å². The van der Waals surface area contributed by atoms with Crippen molar-refractivity contribution in [1.29, 1.82) is 0 Å². The summed E-state index contributed by atoms with van der Waals surface area (Å²) < 4.78 is 5.29. The first-order chi connectivity index (χ1) is 11.8. The third-order valence-electron chi connectivity index (χ3n) is 4.55. The van der Waals surface area contributed by atoms with Crippen LogP contribution in [0.25, 0.3) is 0 Å². The summed E-state index contributed by atoms with van der Waals surface area (Å²) in [6.07, 6.45) is 1.71. The van der Waals surface area contributed by atoms with Crippen molar-refractivity contribution in [2.75, 3.05) is 6.54 Å². The molecule has 1 unspecified atom stereocenters. The molecule has 0 saturated carbocycles. The Morgan fingerprint density at radius 2 is 2.08 bits per heavy atom. The minimum atomic E-state index is -1.04. The van der Waals surface area contributed by atoms with E-state index in [1.54, 1.807) is 17.9 Å². The molecule has 3 rings (SSSR count). The first-order valence-corrected chi connectivity index (χ1v) is 8.62. The first kappa shape index (κ1) is 17.8. The monoisotopic (exact) mass is 381 g/mol. The van der Waals surface area contributed by atoms with Crippen LogP contribution in [0.2, 0.25) is 10.0 Å². The highest BCUT2D eigenvalue weighted by Crippen LogP contribution is 2.37. The van der Waals surface area contributed by atoms with E-state index in [9.17, 15) is 9.59 Å². The zero-order chi connectivity index (χ0) is 18.3. The van der Waals surface area contributed by atoms with Gasteiger partial charge in [-0.25, -0.2) is 0 Å². The number of hydrogen-bond donors (Lipinski definition) is 1. The summed E-state index contributed by atoms with van der Waals surface area (Å²) in [4.78, 5) is 25.8. The fraction of sp³-hybridized carbons (Fsp3) is 0.333. The predicted molar refractivity (Wildman–Crippen MR) is 94.4 cm³/mol. The number of nitrogens with zero attached hydrogens (tertiary/aromatic N) is 1. The molecule has 1 aromatic heterocycles. The van der Waals surface area contributed by atoms with Gasteiger partial charge in [0.2, 0.25) is 0 Å². The fourth-order valence-corrected chi connectivity index (χ4v) is 3.93. The Morgan fingerprint density at radius 3 is 2.76 bits per heavy atom. The van der Waals surface area contributed by atoms with Crippen molar-refractivity contribution < 1.29 is 19.1 Å².